The Morgan fingerprint density at radius 2 is 2.21 bits per heavy atom. The maximum atomic E-state index is 5.27. The van der Waals surface area contributed by atoms with Crippen LogP contribution >= 0.6 is 0 Å². The minimum atomic E-state index is 0.295. The van der Waals surface area contributed by atoms with Crippen molar-refractivity contribution in [3.05, 3.63) is 11.7 Å². The average Bonchev–Trinajstić information content (AvgIpc) is 3.16. The molecule has 0 aromatic carbocycles. The molecular formula is C17H30N6O. The van der Waals surface area contributed by atoms with Crippen molar-refractivity contribution in [2.45, 2.75) is 70.5 Å². The molecule has 3 rings (SSSR count). The number of hydrogen-bond acceptors (Lipinski definition) is 5. The first-order chi connectivity index (χ1) is 11.6. The molecular weight excluding hydrogens is 304 g/mol. The Bertz CT molecular complexity index is 565. The van der Waals surface area contributed by atoms with Crippen LogP contribution in [0.5, 0.6) is 0 Å². The third-order valence-electron chi connectivity index (χ3n) is 4.83. The fourth-order valence-electron chi connectivity index (χ4n) is 3.36. The van der Waals surface area contributed by atoms with Gasteiger partial charge in [0.25, 0.3) is 0 Å². The molecule has 2 atom stereocenters. The summed E-state index contributed by atoms with van der Waals surface area (Å²) in [5.74, 6) is 2.60. The van der Waals surface area contributed by atoms with Gasteiger partial charge in [-0.15, -0.1) is 0 Å². The first-order valence-electron chi connectivity index (χ1n) is 9.12. The summed E-state index contributed by atoms with van der Waals surface area (Å²) in [7, 11) is 1.82. The lowest BCUT2D eigenvalue weighted by molar-refractivity contribution is 0.256. The number of likely N-dealkylation sites (tertiary alicyclic amines) is 1. The van der Waals surface area contributed by atoms with Crippen LogP contribution in [0.25, 0.3) is 0 Å². The van der Waals surface area contributed by atoms with Crippen molar-refractivity contribution in [2.24, 2.45) is 4.99 Å². The molecule has 0 amide bonds. The van der Waals surface area contributed by atoms with Gasteiger partial charge in [0.1, 0.15) is 0 Å². The molecule has 1 saturated carbocycles. The number of aromatic nitrogens is 2. The van der Waals surface area contributed by atoms with Crippen molar-refractivity contribution < 1.29 is 4.52 Å². The van der Waals surface area contributed by atoms with Crippen molar-refractivity contribution in [1.82, 2.24) is 25.7 Å². The van der Waals surface area contributed by atoms with E-state index in [2.05, 4.69) is 51.4 Å². The first-order valence-corrected chi connectivity index (χ1v) is 9.12. The molecule has 0 bridgehead atoms. The van der Waals surface area contributed by atoms with E-state index in [0.29, 0.717) is 30.3 Å². The molecule has 1 aliphatic heterocycles. The molecule has 2 aliphatic rings. The second-order valence-corrected chi connectivity index (χ2v) is 7.30. The molecule has 0 spiro atoms. The molecule has 7 heteroatoms. The van der Waals surface area contributed by atoms with E-state index in [1.165, 1.54) is 19.3 Å². The highest BCUT2D eigenvalue weighted by Gasteiger charge is 2.38. The highest BCUT2D eigenvalue weighted by atomic mass is 16.5. The molecule has 24 heavy (non-hydrogen) atoms. The van der Waals surface area contributed by atoms with Crippen molar-refractivity contribution in [3.8, 4) is 0 Å². The maximum absolute atomic E-state index is 5.27. The van der Waals surface area contributed by atoms with Gasteiger partial charge in [-0.2, -0.15) is 4.98 Å². The van der Waals surface area contributed by atoms with Gasteiger partial charge >= 0.3 is 0 Å². The largest absolute Gasteiger partial charge is 0.356 e. The Kier molecular flexibility index (Phi) is 5.38. The summed E-state index contributed by atoms with van der Waals surface area (Å²) >= 11 is 0. The van der Waals surface area contributed by atoms with Gasteiger partial charge < -0.3 is 15.2 Å². The zero-order valence-corrected chi connectivity index (χ0v) is 15.2. The molecule has 1 aliphatic carbocycles. The average molecular weight is 334 g/mol. The van der Waals surface area contributed by atoms with E-state index in [1.54, 1.807) is 0 Å². The van der Waals surface area contributed by atoms with Gasteiger partial charge in [-0.05, 0) is 26.2 Å². The van der Waals surface area contributed by atoms with Crippen LogP contribution in [0.15, 0.2) is 9.52 Å². The summed E-state index contributed by atoms with van der Waals surface area (Å²) in [5.41, 5.74) is 0. The Morgan fingerprint density at radius 3 is 2.83 bits per heavy atom. The van der Waals surface area contributed by atoms with Gasteiger partial charge in [0.05, 0.1) is 0 Å². The Balaban J connectivity index is 1.42. The third-order valence-corrected chi connectivity index (χ3v) is 4.83. The fraction of sp³-hybridized carbons (Fsp3) is 0.824. The second kappa shape index (κ2) is 7.51. The summed E-state index contributed by atoms with van der Waals surface area (Å²) in [6, 6.07) is 1.97. The summed E-state index contributed by atoms with van der Waals surface area (Å²) in [6.07, 6.45) is 4.62. The van der Waals surface area contributed by atoms with Gasteiger partial charge in [0.2, 0.25) is 5.89 Å². The summed E-state index contributed by atoms with van der Waals surface area (Å²) in [6.45, 7) is 8.30. The lowest BCUT2D eigenvalue weighted by atomic mass is 10.2. The molecule has 2 unspecified atom stereocenters. The van der Waals surface area contributed by atoms with E-state index in [0.717, 1.165) is 30.9 Å². The first kappa shape index (κ1) is 17.2. The molecule has 2 fully saturated rings. The monoisotopic (exact) mass is 334 g/mol. The van der Waals surface area contributed by atoms with Crippen LogP contribution in [0.1, 0.15) is 57.7 Å². The Hall–Kier alpha value is -1.63. The smallest absolute Gasteiger partial charge is 0.228 e. The Labute approximate surface area is 144 Å². The summed E-state index contributed by atoms with van der Waals surface area (Å²) in [4.78, 5) is 11.4. The van der Waals surface area contributed by atoms with E-state index in [9.17, 15) is 0 Å². The number of rotatable bonds is 6. The predicted octanol–water partition coefficient (Wildman–Crippen LogP) is 1.53. The van der Waals surface area contributed by atoms with Gasteiger partial charge in [-0.25, -0.2) is 0 Å². The van der Waals surface area contributed by atoms with E-state index in [1.807, 2.05) is 7.05 Å². The molecule has 1 aromatic rings. The van der Waals surface area contributed by atoms with Crippen LogP contribution in [0.3, 0.4) is 0 Å². The normalized spacial score (nSPS) is 25.5. The quantitative estimate of drug-likeness (QED) is 0.607. The molecule has 2 heterocycles. The standard InChI is InChI=1S/C17H30N6O/c1-11(2)16-21-15(24-22-16)7-8-19-17(18-4)20-13-9-12(3)23(10-13)14-5-6-14/h11-14H,5-10H2,1-4H3,(H2,18,19,20). The molecule has 0 radical (unpaired) electrons. The highest BCUT2D eigenvalue weighted by Crippen LogP contribution is 2.33. The fourth-order valence-corrected chi connectivity index (χ4v) is 3.36. The predicted molar refractivity (Wildman–Crippen MR) is 94.2 cm³/mol. The van der Waals surface area contributed by atoms with E-state index >= 15 is 0 Å². The minimum absolute atomic E-state index is 0.295. The lowest BCUT2D eigenvalue weighted by Crippen LogP contribution is -2.45. The number of hydrogen-bond donors (Lipinski definition) is 2. The van der Waals surface area contributed by atoms with Crippen molar-refractivity contribution >= 4 is 5.96 Å². The van der Waals surface area contributed by atoms with Gasteiger partial charge in [0, 0.05) is 50.6 Å². The zero-order valence-electron chi connectivity index (χ0n) is 15.2. The number of aliphatic imine (C=N–C) groups is 1. The molecule has 2 N–H and O–H groups in total. The van der Waals surface area contributed by atoms with Gasteiger partial charge in [-0.3, -0.25) is 9.89 Å². The van der Waals surface area contributed by atoms with Crippen LogP contribution in [-0.4, -0.2) is 59.3 Å². The topological polar surface area (TPSA) is 78.6 Å². The van der Waals surface area contributed by atoms with Crippen LogP contribution in [-0.2, 0) is 6.42 Å². The lowest BCUT2D eigenvalue weighted by Gasteiger charge is -2.20. The van der Waals surface area contributed by atoms with E-state index < -0.39 is 0 Å². The Morgan fingerprint density at radius 1 is 1.42 bits per heavy atom. The number of nitrogens with zero attached hydrogens (tertiary/aromatic N) is 4. The van der Waals surface area contributed by atoms with Crippen LogP contribution in [0.2, 0.25) is 0 Å². The number of nitrogens with one attached hydrogen (secondary N) is 2. The minimum Gasteiger partial charge on any atom is -0.356 e. The molecule has 7 nitrogen and oxygen atoms in total. The van der Waals surface area contributed by atoms with E-state index in [4.69, 9.17) is 4.52 Å². The van der Waals surface area contributed by atoms with Gasteiger partial charge in [-0.1, -0.05) is 19.0 Å². The van der Waals surface area contributed by atoms with Crippen LogP contribution < -0.4 is 10.6 Å². The molecule has 134 valence electrons. The molecule has 1 saturated heterocycles. The third kappa shape index (κ3) is 4.26. The van der Waals surface area contributed by atoms with Crippen molar-refractivity contribution in [2.75, 3.05) is 20.1 Å². The van der Waals surface area contributed by atoms with Crippen LogP contribution in [0.4, 0.5) is 0 Å². The van der Waals surface area contributed by atoms with Crippen LogP contribution in [0, 0.1) is 0 Å². The summed E-state index contributed by atoms with van der Waals surface area (Å²) < 4.78 is 5.27. The van der Waals surface area contributed by atoms with Crippen molar-refractivity contribution in [3.63, 3.8) is 0 Å². The van der Waals surface area contributed by atoms with E-state index in [-0.39, 0.29) is 0 Å². The highest BCUT2D eigenvalue weighted by molar-refractivity contribution is 5.80. The maximum Gasteiger partial charge on any atom is 0.228 e. The number of guanidine groups is 1. The molecule has 1 aromatic heterocycles. The summed E-state index contributed by atoms with van der Waals surface area (Å²) in [5, 5.41) is 10.9. The van der Waals surface area contributed by atoms with Gasteiger partial charge in [0.15, 0.2) is 11.8 Å². The second-order valence-electron chi connectivity index (χ2n) is 7.30. The van der Waals surface area contributed by atoms with Crippen molar-refractivity contribution in [1.29, 1.82) is 0 Å². The zero-order chi connectivity index (χ0) is 17.1. The SMILES string of the molecule is CN=C(NCCc1nc(C(C)C)no1)NC1CC(C)N(C2CC2)C1.